The van der Waals surface area contributed by atoms with E-state index < -0.39 is 62.9 Å². The van der Waals surface area contributed by atoms with E-state index in [1.165, 1.54) is 16.4 Å². The predicted molar refractivity (Wildman–Crippen MR) is 196 cm³/mol. The smallest absolute Gasteiger partial charge is 0.315 e. The van der Waals surface area contributed by atoms with Crippen molar-refractivity contribution in [1.29, 1.82) is 0 Å². The molecule has 6 atom stereocenters. The largest absolute Gasteiger partial charge is 0.346 e. The van der Waals surface area contributed by atoms with E-state index in [0.717, 1.165) is 0 Å². The van der Waals surface area contributed by atoms with Gasteiger partial charge in [-0.1, -0.05) is 65.0 Å². The van der Waals surface area contributed by atoms with Crippen molar-refractivity contribution in [2.45, 2.75) is 103 Å². The molecule has 0 bridgehead atoms. The molecule has 1 fully saturated rings. The van der Waals surface area contributed by atoms with E-state index in [9.17, 15) is 32.4 Å². The molecule has 0 aliphatic carbocycles. The van der Waals surface area contributed by atoms with Crippen LogP contribution in [0.4, 0.5) is 4.79 Å². The van der Waals surface area contributed by atoms with Crippen LogP contribution in [0.3, 0.4) is 0 Å². The van der Waals surface area contributed by atoms with Gasteiger partial charge in [-0.05, 0) is 67.4 Å². The maximum Gasteiger partial charge on any atom is 0.315 e. The quantitative estimate of drug-likeness (QED) is 0.130. The number of allylic oxidation sites excluding steroid dienone is 1. The lowest BCUT2D eigenvalue weighted by molar-refractivity contribution is -0.143. The zero-order valence-corrected chi connectivity index (χ0v) is 31.3. The Hall–Kier alpha value is -4.44. The number of fused-ring (bicyclic) bond motifs is 1. The minimum absolute atomic E-state index is 0.0310. The molecule has 13 heteroatoms. The number of amides is 5. The number of likely N-dealkylation sites (tertiary alicyclic amines) is 1. The molecule has 0 saturated carbocycles. The van der Waals surface area contributed by atoms with Crippen molar-refractivity contribution in [3.05, 3.63) is 54.0 Å². The predicted octanol–water partition coefficient (Wildman–Crippen LogP) is 3.28. The highest BCUT2D eigenvalue weighted by Gasteiger charge is 2.46. The first-order valence-corrected chi connectivity index (χ1v) is 19.0. The summed E-state index contributed by atoms with van der Waals surface area (Å²) >= 11 is 0. The Labute approximate surface area is 302 Å². The van der Waals surface area contributed by atoms with Gasteiger partial charge in [0, 0.05) is 31.0 Å². The summed E-state index contributed by atoms with van der Waals surface area (Å²) in [6, 6.07) is 2.77. The third-order valence-corrected chi connectivity index (χ3v) is 10.9. The van der Waals surface area contributed by atoms with Crippen molar-refractivity contribution >= 4 is 39.4 Å². The summed E-state index contributed by atoms with van der Waals surface area (Å²) < 4.78 is 25.5. The van der Waals surface area contributed by atoms with Gasteiger partial charge >= 0.3 is 6.03 Å². The van der Waals surface area contributed by atoms with Crippen LogP contribution in [0.2, 0.25) is 0 Å². The Morgan fingerprint density at radius 1 is 1.08 bits per heavy atom. The maximum absolute atomic E-state index is 14.3. The van der Waals surface area contributed by atoms with E-state index in [-0.39, 0.29) is 54.6 Å². The molecule has 0 aromatic heterocycles. The first-order valence-electron chi connectivity index (χ1n) is 17.4. The van der Waals surface area contributed by atoms with Crippen LogP contribution in [-0.2, 0) is 35.4 Å². The van der Waals surface area contributed by atoms with Crippen molar-refractivity contribution in [3.8, 4) is 12.3 Å². The normalized spacial score (nSPS) is 21.2. The first kappa shape index (κ1) is 41.0. The van der Waals surface area contributed by atoms with Gasteiger partial charge in [0.15, 0.2) is 9.84 Å². The van der Waals surface area contributed by atoms with E-state index in [1.54, 1.807) is 30.3 Å². The molecule has 3 rings (SSSR count). The summed E-state index contributed by atoms with van der Waals surface area (Å²) in [5.41, 5.74) is -0.0419. The zero-order chi connectivity index (χ0) is 38.1. The van der Waals surface area contributed by atoms with Crippen LogP contribution >= 0.6 is 0 Å². The van der Waals surface area contributed by atoms with E-state index in [0.29, 0.717) is 24.8 Å². The number of hydrogen-bond donors (Lipinski definition) is 4. The lowest BCUT2D eigenvalue weighted by atomic mass is 9.85. The van der Waals surface area contributed by atoms with E-state index in [1.807, 2.05) is 41.5 Å². The summed E-state index contributed by atoms with van der Waals surface area (Å²) in [5.74, 6) is -0.367. The zero-order valence-electron chi connectivity index (χ0n) is 30.5. The third kappa shape index (κ3) is 11.0. The molecule has 278 valence electrons. The number of benzene rings is 1. The summed E-state index contributed by atoms with van der Waals surface area (Å²) in [5, 5.41) is 12.1. The minimum atomic E-state index is -3.56. The molecule has 12 nitrogen and oxygen atoms in total. The van der Waals surface area contributed by atoms with E-state index in [4.69, 9.17) is 6.42 Å². The molecule has 51 heavy (non-hydrogen) atoms. The lowest BCUT2D eigenvalue weighted by Crippen LogP contribution is -2.60. The lowest BCUT2D eigenvalue weighted by Gasteiger charge is -2.36. The van der Waals surface area contributed by atoms with Gasteiger partial charge < -0.3 is 26.2 Å². The Kier molecular flexibility index (Phi) is 14.2. The highest BCUT2D eigenvalue weighted by molar-refractivity contribution is 7.94. The van der Waals surface area contributed by atoms with Crippen LogP contribution in [0.5, 0.6) is 0 Å². The average molecular weight is 724 g/mol. The minimum Gasteiger partial charge on any atom is -0.346 e. The second-order valence-corrected chi connectivity index (χ2v) is 16.7. The monoisotopic (exact) mass is 723 g/mol. The molecule has 5 amide bonds. The maximum atomic E-state index is 14.3. The molecule has 1 saturated heterocycles. The van der Waals surface area contributed by atoms with Gasteiger partial charge in [-0.3, -0.25) is 19.2 Å². The molecule has 0 radical (unpaired) electrons. The number of carbonyl (C=O) groups is 5. The number of carbonyl (C=O) groups excluding carboxylic acids is 5. The highest BCUT2D eigenvalue weighted by atomic mass is 32.2. The number of sulfone groups is 1. The Morgan fingerprint density at radius 3 is 2.39 bits per heavy atom. The molecule has 4 N–H and O–H groups in total. The molecule has 0 spiro atoms. The number of nitrogens with one attached hydrogen (secondary N) is 4. The Morgan fingerprint density at radius 2 is 1.76 bits per heavy atom. The second-order valence-electron chi connectivity index (χ2n) is 14.9. The first-order chi connectivity index (χ1) is 23.9. The molecule has 2 aliphatic heterocycles. The summed E-state index contributed by atoms with van der Waals surface area (Å²) in [7, 11) is -3.56. The third-order valence-electron chi connectivity index (χ3n) is 9.42. The van der Waals surface area contributed by atoms with Crippen LogP contribution < -0.4 is 21.3 Å². The van der Waals surface area contributed by atoms with Gasteiger partial charge in [-0.2, -0.15) is 0 Å². The van der Waals surface area contributed by atoms with Crippen molar-refractivity contribution in [2.75, 3.05) is 13.1 Å². The fraction of sp³-hybridized carbons (Fsp3) is 0.553. The second kappa shape index (κ2) is 17.7. The van der Waals surface area contributed by atoms with Gasteiger partial charge in [0.05, 0.1) is 10.9 Å². The molecule has 2 aliphatic rings. The SMILES string of the molecule is C#CCCC(NC(=O)[C@@H]1C[C@@H](C(C)C)CN1C(=O)[C@@H](NC(=O)N[C@@H](C)CC1C=CS(=O)(=O)c2ccccc2C1)C(C)(C)C)C(=O)C(=O)NCC=C. The fourth-order valence-electron chi connectivity index (χ4n) is 6.49. The molecule has 1 aromatic carbocycles. The molecule has 1 aromatic rings. The van der Waals surface area contributed by atoms with Gasteiger partial charge in [0.2, 0.25) is 17.6 Å². The van der Waals surface area contributed by atoms with Crippen molar-refractivity contribution < 1.29 is 32.4 Å². The number of rotatable bonds is 14. The van der Waals surface area contributed by atoms with Crippen LogP contribution in [0, 0.1) is 35.5 Å². The summed E-state index contributed by atoms with van der Waals surface area (Å²) in [6.45, 7) is 15.1. The number of nitrogens with zero attached hydrogens (tertiary/aromatic N) is 1. The van der Waals surface area contributed by atoms with Crippen LogP contribution in [0.15, 0.2) is 53.3 Å². The number of urea groups is 1. The van der Waals surface area contributed by atoms with E-state index >= 15 is 0 Å². The van der Waals surface area contributed by atoms with Gasteiger partial charge in [0.25, 0.3) is 5.91 Å². The Balaban J connectivity index is 1.76. The van der Waals surface area contributed by atoms with Crippen molar-refractivity contribution in [1.82, 2.24) is 26.2 Å². The van der Waals surface area contributed by atoms with E-state index in [2.05, 4.69) is 33.8 Å². The number of hydrogen-bond acceptors (Lipinski definition) is 7. The summed E-state index contributed by atoms with van der Waals surface area (Å²) in [4.78, 5) is 68.7. The number of Topliss-reactive ketones (excluding diaryl/α,β-unsaturated/α-hetero) is 1. The fourth-order valence-corrected chi connectivity index (χ4v) is 7.85. The topological polar surface area (TPSA) is 171 Å². The highest BCUT2D eigenvalue weighted by Crippen LogP contribution is 2.32. The van der Waals surface area contributed by atoms with Crippen LogP contribution in [0.1, 0.15) is 72.8 Å². The molecule has 2 heterocycles. The molecule has 2 unspecified atom stereocenters. The molecular weight excluding hydrogens is 671 g/mol. The Bertz CT molecular complexity index is 1660. The summed E-state index contributed by atoms with van der Waals surface area (Å²) in [6.07, 6.45) is 9.97. The van der Waals surface area contributed by atoms with Gasteiger partial charge in [0.1, 0.15) is 12.1 Å². The molecular formula is C38H53N5O7S. The van der Waals surface area contributed by atoms with Crippen LogP contribution in [-0.4, -0.2) is 80.1 Å². The standard InChI is InChI=1S/C38H53N5O7S/c1-9-11-15-29(32(44)35(46)39-18-10-2)41-34(45)30-22-28(24(3)4)23-43(30)36(47)33(38(6,7)8)42-37(48)40-25(5)20-26-17-19-51(49,50)31-16-13-12-14-27(31)21-26/h1,10,12-14,16-17,19,24-26,28-30,33H,2,11,15,18,20-23H2,3-8H3,(H,39,46)(H,41,45)(H2,40,42,48)/t25-,26?,28+,29?,30-,33+/m0/s1. The van der Waals surface area contributed by atoms with Gasteiger partial charge in [-0.15, -0.1) is 18.9 Å². The van der Waals surface area contributed by atoms with Crippen LogP contribution in [0.25, 0.3) is 0 Å². The van der Waals surface area contributed by atoms with Crippen molar-refractivity contribution in [3.63, 3.8) is 0 Å². The van der Waals surface area contributed by atoms with Crippen molar-refractivity contribution in [2.24, 2.45) is 23.2 Å². The number of ketones is 1. The number of terminal acetylenes is 1. The average Bonchev–Trinajstić information content (AvgIpc) is 3.47. The van der Waals surface area contributed by atoms with Gasteiger partial charge in [-0.25, -0.2) is 13.2 Å².